The van der Waals surface area contributed by atoms with Gasteiger partial charge in [0.05, 0.1) is 6.20 Å². The molecule has 0 atom stereocenters. The van der Waals surface area contributed by atoms with Gasteiger partial charge in [-0.1, -0.05) is 56.0 Å². The van der Waals surface area contributed by atoms with E-state index in [1.54, 1.807) is 6.20 Å². The number of para-hydroxylation sites is 1. The Morgan fingerprint density at radius 3 is 2.17 bits per heavy atom. The van der Waals surface area contributed by atoms with Crippen LogP contribution in [0.3, 0.4) is 0 Å². The molecule has 3 heterocycles. The minimum atomic E-state index is -1.29. The Bertz CT molecular complexity index is 1520. The first-order valence-corrected chi connectivity index (χ1v) is 15.2. The zero-order valence-electron chi connectivity index (χ0n) is 20.5. The second kappa shape index (κ2) is 11.1. The maximum absolute atomic E-state index is 5.84. The summed E-state index contributed by atoms with van der Waals surface area (Å²) in [5.74, 6) is 0. The van der Waals surface area contributed by atoms with Gasteiger partial charge in [0.1, 0.15) is 5.58 Å². The Morgan fingerprint density at radius 2 is 1.47 bits per heavy atom. The van der Waals surface area contributed by atoms with Crippen LogP contribution in [-0.2, 0) is 20.1 Å². The standard InChI is InChI=1S/C20H18NOSi.C11H8N.Ir/c1-23(2,3)15-10-8-14(9-11-15)18-12-17-16-6-4-5-7-19(16)22-20(17)13-21-18;1-2-6-10(7-3-1)11-8-4-5-9-12-11;/h4-8,10-13H,1-3H3;1-6,8-9H;/q2*-1;. The van der Waals surface area contributed by atoms with Crippen molar-refractivity contribution in [3.63, 3.8) is 0 Å². The van der Waals surface area contributed by atoms with Crippen LogP contribution in [0.2, 0.25) is 19.6 Å². The third-order valence-electron chi connectivity index (χ3n) is 5.87. The summed E-state index contributed by atoms with van der Waals surface area (Å²) < 4.78 is 5.84. The second-order valence-electron chi connectivity index (χ2n) is 9.40. The zero-order valence-corrected chi connectivity index (χ0v) is 23.8. The second-order valence-corrected chi connectivity index (χ2v) is 14.5. The number of benzene rings is 3. The number of nitrogens with zero attached hydrogens (tertiary/aromatic N) is 2. The molecule has 0 aliphatic rings. The summed E-state index contributed by atoms with van der Waals surface area (Å²) in [7, 11) is -1.29. The van der Waals surface area contributed by atoms with Gasteiger partial charge < -0.3 is 14.4 Å². The molecule has 0 spiro atoms. The van der Waals surface area contributed by atoms with Crippen LogP contribution in [0.25, 0.3) is 44.5 Å². The van der Waals surface area contributed by atoms with Crippen molar-refractivity contribution in [3.8, 4) is 22.5 Å². The van der Waals surface area contributed by atoms with E-state index in [9.17, 15) is 0 Å². The van der Waals surface area contributed by atoms with E-state index in [0.29, 0.717) is 0 Å². The minimum absolute atomic E-state index is 0. The molecule has 0 aliphatic carbocycles. The van der Waals surface area contributed by atoms with Crippen LogP contribution in [0.4, 0.5) is 0 Å². The Kier molecular flexibility index (Phi) is 7.95. The first-order chi connectivity index (χ1) is 17.0. The van der Waals surface area contributed by atoms with Crippen LogP contribution in [0.15, 0.2) is 108 Å². The predicted molar refractivity (Wildman–Crippen MR) is 147 cm³/mol. The van der Waals surface area contributed by atoms with Crippen molar-refractivity contribution in [2.75, 3.05) is 0 Å². The van der Waals surface area contributed by atoms with Crippen molar-refractivity contribution in [1.82, 2.24) is 9.97 Å². The molecule has 6 aromatic rings. The fraction of sp³-hybridized carbons (Fsp3) is 0.0968. The van der Waals surface area contributed by atoms with Crippen LogP contribution in [-0.4, -0.2) is 18.0 Å². The fourth-order valence-electron chi connectivity index (χ4n) is 3.90. The maximum atomic E-state index is 5.84. The number of furan rings is 1. The first kappa shape index (κ1) is 25.7. The molecule has 0 saturated carbocycles. The van der Waals surface area contributed by atoms with E-state index in [4.69, 9.17) is 4.42 Å². The van der Waals surface area contributed by atoms with Gasteiger partial charge in [0.2, 0.25) is 0 Å². The summed E-state index contributed by atoms with van der Waals surface area (Å²) in [6.45, 7) is 7.04. The van der Waals surface area contributed by atoms with Crippen molar-refractivity contribution in [3.05, 3.63) is 116 Å². The Hall–Kier alpha value is -3.37. The Morgan fingerprint density at radius 1 is 0.694 bits per heavy atom. The molecule has 0 unspecified atom stereocenters. The molecule has 36 heavy (non-hydrogen) atoms. The molecule has 6 rings (SSSR count). The van der Waals surface area contributed by atoms with Crippen molar-refractivity contribution in [2.24, 2.45) is 0 Å². The molecule has 3 aromatic carbocycles. The van der Waals surface area contributed by atoms with Gasteiger partial charge in [0.15, 0.2) is 5.58 Å². The van der Waals surface area contributed by atoms with Crippen LogP contribution in [0.5, 0.6) is 0 Å². The van der Waals surface area contributed by atoms with E-state index in [2.05, 4.69) is 72.1 Å². The quantitative estimate of drug-likeness (QED) is 0.145. The molecular formula is C31H26IrN2OSi-2. The third-order valence-corrected chi connectivity index (χ3v) is 7.91. The molecule has 0 aliphatic heterocycles. The van der Waals surface area contributed by atoms with Gasteiger partial charge in [-0.15, -0.1) is 70.9 Å². The summed E-state index contributed by atoms with van der Waals surface area (Å²) in [6.07, 6.45) is 3.60. The zero-order chi connectivity index (χ0) is 24.3. The van der Waals surface area contributed by atoms with Gasteiger partial charge >= 0.3 is 0 Å². The number of hydrogen-bond donors (Lipinski definition) is 0. The molecule has 3 aromatic heterocycles. The van der Waals surface area contributed by atoms with Gasteiger partial charge in [-0.25, -0.2) is 0 Å². The van der Waals surface area contributed by atoms with E-state index in [1.165, 1.54) is 5.19 Å². The molecule has 181 valence electrons. The molecule has 0 saturated heterocycles. The number of rotatable bonds is 3. The monoisotopic (exact) mass is 663 g/mol. The van der Waals surface area contributed by atoms with E-state index in [1.807, 2.05) is 66.9 Å². The number of pyridine rings is 2. The van der Waals surface area contributed by atoms with Crippen molar-refractivity contribution in [2.45, 2.75) is 19.6 Å². The minimum Gasteiger partial charge on any atom is -0.455 e. The van der Waals surface area contributed by atoms with Crippen LogP contribution in [0.1, 0.15) is 0 Å². The van der Waals surface area contributed by atoms with Gasteiger partial charge in [-0.2, -0.15) is 0 Å². The first-order valence-electron chi connectivity index (χ1n) is 11.7. The summed E-state index contributed by atoms with van der Waals surface area (Å²) in [4.78, 5) is 8.77. The SMILES string of the molecule is C[Si](C)(C)c1c[c-]c(-c2cc3c(cn2)oc2ccccc23)cc1.[Ir].[c-]1ccccc1-c1ccccn1. The van der Waals surface area contributed by atoms with Crippen molar-refractivity contribution in [1.29, 1.82) is 0 Å². The van der Waals surface area contributed by atoms with Gasteiger partial charge in [-0.3, -0.25) is 0 Å². The molecule has 0 amide bonds. The molecule has 0 N–H and O–H groups in total. The van der Waals surface area contributed by atoms with Crippen LogP contribution >= 0.6 is 0 Å². The van der Waals surface area contributed by atoms with Crippen molar-refractivity contribution < 1.29 is 24.5 Å². The Labute approximate surface area is 226 Å². The topological polar surface area (TPSA) is 38.9 Å². The summed E-state index contributed by atoms with van der Waals surface area (Å²) >= 11 is 0. The summed E-state index contributed by atoms with van der Waals surface area (Å²) in [5.41, 5.74) is 5.70. The average molecular weight is 663 g/mol. The summed E-state index contributed by atoms with van der Waals surface area (Å²) in [5, 5.41) is 3.65. The van der Waals surface area contributed by atoms with E-state index >= 15 is 0 Å². The normalized spacial score (nSPS) is 11.0. The maximum Gasteiger partial charge on any atom is 0.151 e. The number of aromatic nitrogens is 2. The Balaban J connectivity index is 0.000000198. The molecular weight excluding hydrogens is 637 g/mol. The van der Waals surface area contributed by atoms with E-state index in [0.717, 1.165) is 44.5 Å². The third kappa shape index (κ3) is 5.71. The smallest absolute Gasteiger partial charge is 0.151 e. The number of hydrogen-bond acceptors (Lipinski definition) is 3. The molecule has 0 bridgehead atoms. The molecule has 5 heteroatoms. The van der Waals surface area contributed by atoms with Crippen molar-refractivity contribution >= 4 is 35.2 Å². The van der Waals surface area contributed by atoms with Crippen LogP contribution in [0, 0.1) is 12.1 Å². The number of fused-ring (bicyclic) bond motifs is 3. The molecule has 1 radical (unpaired) electrons. The van der Waals surface area contributed by atoms with E-state index < -0.39 is 8.07 Å². The molecule has 0 fully saturated rings. The summed E-state index contributed by atoms with van der Waals surface area (Å²) in [6, 6.07) is 36.9. The predicted octanol–water partition coefficient (Wildman–Crippen LogP) is 7.54. The average Bonchev–Trinajstić information content (AvgIpc) is 3.28. The van der Waals surface area contributed by atoms with Gasteiger partial charge in [0, 0.05) is 45.1 Å². The fourth-order valence-corrected chi connectivity index (χ4v) is 4.99. The van der Waals surface area contributed by atoms with Gasteiger partial charge in [0.25, 0.3) is 0 Å². The van der Waals surface area contributed by atoms with E-state index in [-0.39, 0.29) is 20.1 Å². The largest absolute Gasteiger partial charge is 0.455 e. The van der Waals surface area contributed by atoms with Crippen LogP contribution < -0.4 is 5.19 Å². The van der Waals surface area contributed by atoms with Gasteiger partial charge in [-0.05, 0) is 23.5 Å². The molecule has 3 nitrogen and oxygen atoms in total.